The van der Waals surface area contributed by atoms with Gasteiger partial charge in [-0.05, 0) is 61.9 Å². The maximum absolute atomic E-state index is 13.7. The Morgan fingerprint density at radius 1 is 1.09 bits per heavy atom. The van der Waals surface area contributed by atoms with Crippen LogP contribution in [0.1, 0.15) is 89.1 Å². The lowest BCUT2D eigenvalue weighted by Gasteiger charge is -2.42. The Labute approximate surface area is 249 Å². The van der Waals surface area contributed by atoms with Gasteiger partial charge < -0.3 is 34.8 Å². The molecule has 1 saturated carbocycles. The number of aliphatic hydroxyl groups is 3. The Hall–Kier alpha value is -3.64. The third-order valence-electron chi connectivity index (χ3n) is 8.65. The number of hydrogen-bond acceptors (Lipinski definition) is 10. The van der Waals surface area contributed by atoms with Gasteiger partial charge in [0.25, 0.3) is 0 Å². The first-order valence-electron chi connectivity index (χ1n) is 14.5. The number of methoxy groups -OCH3 is 1. The van der Waals surface area contributed by atoms with Crippen LogP contribution in [0.25, 0.3) is 0 Å². The SMILES string of the molecule is COc1cccc2c1C(=O)c1cc3c(cc1C2=O)C[C@@](O)(C(=O)CO)C[C@@H]3O[C@@H]1C[C@@H](C)[C@@H](O)[C@H](NC(=O)OC(C)C)C1. The van der Waals surface area contributed by atoms with E-state index in [9.17, 15) is 34.5 Å². The number of aliphatic hydroxyl groups excluding tert-OH is 2. The summed E-state index contributed by atoms with van der Waals surface area (Å²) in [6, 6.07) is 7.23. The number of nitrogens with one attached hydrogen (secondary N) is 1. The lowest BCUT2D eigenvalue weighted by atomic mass is 9.73. The molecule has 2 aromatic rings. The third-order valence-corrected chi connectivity index (χ3v) is 8.65. The van der Waals surface area contributed by atoms with Crippen molar-refractivity contribution in [3.8, 4) is 5.75 Å². The molecular weight excluding hydrogens is 558 g/mol. The number of Topliss-reactive ketones (excluding diaryl/α,β-unsaturated/α-hetero) is 1. The normalized spacial score (nSPS) is 28.0. The minimum absolute atomic E-state index is 0.145. The number of benzene rings is 2. The van der Waals surface area contributed by atoms with Crippen molar-refractivity contribution in [1.29, 1.82) is 0 Å². The van der Waals surface area contributed by atoms with Gasteiger partial charge >= 0.3 is 6.09 Å². The van der Waals surface area contributed by atoms with E-state index in [4.69, 9.17) is 14.2 Å². The summed E-state index contributed by atoms with van der Waals surface area (Å²) in [6.45, 7) is 4.37. The van der Waals surface area contributed by atoms with Crippen LogP contribution in [0.3, 0.4) is 0 Å². The highest BCUT2D eigenvalue weighted by atomic mass is 16.6. The van der Waals surface area contributed by atoms with E-state index in [0.29, 0.717) is 17.5 Å². The van der Waals surface area contributed by atoms with E-state index < -0.39 is 54.2 Å². The zero-order valence-corrected chi connectivity index (χ0v) is 24.6. The molecule has 1 amide bonds. The molecule has 0 aliphatic heterocycles. The van der Waals surface area contributed by atoms with Crippen molar-refractivity contribution in [3.05, 3.63) is 63.7 Å². The lowest BCUT2D eigenvalue weighted by molar-refractivity contribution is -0.151. The van der Waals surface area contributed by atoms with Crippen LogP contribution in [0.2, 0.25) is 0 Å². The minimum atomic E-state index is -1.97. The second kappa shape index (κ2) is 11.8. The van der Waals surface area contributed by atoms with Gasteiger partial charge in [0.1, 0.15) is 18.0 Å². The molecule has 2 aromatic carbocycles. The Morgan fingerprint density at radius 3 is 2.49 bits per heavy atom. The average molecular weight is 596 g/mol. The van der Waals surface area contributed by atoms with Gasteiger partial charge in [0.05, 0.1) is 43.1 Å². The van der Waals surface area contributed by atoms with Crippen molar-refractivity contribution in [1.82, 2.24) is 5.32 Å². The van der Waals surface area contributed by atoms with Crippen LogP contribution in [0.4, 0.5) is 4.79 Å². The quantitative estimate of drug-likeness (QED) is 0.318. The summed E-state index contributed by atoms with van der Waals surface area (Å²) < 4.78 is 17.1. The lowest BCUT2D eigenvalue weighted by Crippen LogP contribution is -2.53. The standard InChI is InChI=1S/C32H37NO10/c1-15(2)42-31(39)33-23-10-18(8-16(3)28(23)36)43-25-13-32(40,26(35)14-34)12-17-9-21-22(11-20(17)25)30(38)27-19(29(21)37)6-5-7-24(27)41-4/h5-7,9,11,15-16,18,23,25,28,34,36,40H,8,10,12-14H2,1-4H3,(H,33,39)/t16-,18-,23-,25+,28-,32+/m1/s1. The molecule has 5 rings (SSSR count). The fraction of sp³-hybridized carbons (Fsp3) is 0.500. The van der Waals surface area contributed by atoms with Gasteiger partial charge in [-0.1, -0.05) is 19.1 Å². The van der Waals surface area contributed by atoms with E-state index in [2.05, 4.69) is 5.32 Å². The number of amides is 1. The topological polar surface area (TPSA) is 169 Å². The highest BCUT2D eigenvalue weighted by molar-refractivity contribution is 6.29. The molecule has 4 N–H and O–H groups in total. The molecule has 0 unspecified atom stereocenters. The van der Waals surface area contributed by atoms with Crippen LogP contribution in [-0.2, 0) is 20.7 Å². The Bertz CT molecular complexity index is 1470. The van der Waals surface area contributed by atoms with E-state index >= 15 is 0 Å². The average Bonchev–Trinajstić information content (AvgIpc) is 2.96. The zero-order chi connectivity index (χ0) is 31.2. The first-order valence-corrected chi connectivity index (χ1v) is 14.5. The summed E-state index contributed by atoms with van der Waals surface area (Å²) in [5, 5.41) is 34.5. The molecule has 11 heteroatoms. The number of carbonyl (C=O) groups excluding carboxylic acids is 4. The minimum Gasteiger partial charge on any atom is -0.496 e. The summed E-state index contributed by atoms with van der Waals surface area (Å²) in [6.07, 6.45) is -2.99. The second-order valence-electron chi connectivity index (χ2n) is 12.0. The van der Waals surface area contributed by atoms with Gasteiger partial charge in [-0.25, -0.2) is 4.79 Å². The van der Waals surface area contributed by atoms with Crippen LogP contribution in [-0.4, -0.2) is 82.4 Å². The predicted molar refractivity (Wildman–Crippen MR) is 152 cm³/mol. The maximum Gasteiger partial charge on any atom is 0.407 e. The van der Waals surface area contributed by atoms with E-state index in [1.807, 2.05) is 6.92 Å². The predicted octanol–water partition coefficient (Wildman–Crippen LogP) is 2.43. The van der Waals surface area contributed by atoms with Crippen LogP contribution in [0.5, 0.6) is 5.75 Å². The van der Waals surface area contributed by atoms with Crippen molar-refractivity contribution < 1.29 is 48.7 Å². The maximum atomic E-state index is 13.7. The van der Waals surface area contributed by atoms with Crippen LogP contribution in [0.15, 0.2) is 30.3 Å². The Morgan fingerprint density at radius 2 is 1.81 bits per heavy atom. The molecule has 1 fully saturated rings. The third kappa shape index (κ3) is 5.70. The number of rotatable bonds is 7. The smallest absolute Gasteiger partial charge is 0.407 e. The Balaban J connectivity index is 1.51. The second-order valence-corrected chi connectivity index (χ2v) is 12.0. The van der Waals surface area contributed by atoms with Gasteiger partial charge in [0.2, 0.25) is 0 Å². The first-order chi connectivity index (χ1) is 20.4. The Kier molecular flexibility index (Phi) is 8.45. The van der Waals surface area contributed by atoms with E-state index in [0.717, 1.165) is 0 Å². The molecular formula is C32H37NO10. The number of ether oxygens (including phenoxy) is 3. The van der Waals surface area contributed by atoms with Gasteiger partial charge in [0.15, 0.2) is 17.3 Å². The molecule has 230 valence electrons. The zero-order valence-electron chi connectivity index (χ0n) is 24.6. The van der Waals surface area contributed by atoms with Crippen molar-refractivity contribution >= 4 is 23.4 Å². The monoisotopic (exact) mass is 595 g/mol. The molecule has 0 saturated heterocycles. The summed E-state index contributed by atoms with van der Waals surface area (Å²) in [5.74, 6) is -1.55. The molecule has 11 nitrogen and oxygen atoms in total. The fourth-order valence-corrected chi connectivity index (χ4v) is 6.54. The molecule has 43 heavy (non-hydrogen) atoms. The van der Waals surface area contributed by atoms with E-state index in [-0.39, 0.29) is 65.1 Å². The van der Waals surface area contributed by atoms with Crippen molar-refractivity contribution in [3.63, 3.8) is 0 Å². The number of ketones is 3. The van der Waals surface area contributed by atoms with Gasteiger partial charge in [-0.3, -0.25) is 14.4 Å². The van der Waals surface area contributed by atoms with Gasteiger partial charge in [-0.2, -0.15) is 0 Å². The largest absolute Gasteiger partial charge is 0.496 e. The van der Waals surface area contributed by atoms with E-state index in [1.54, 1.807) is 38.1 Å². The first kappa shape index (κ1) is 30.8. The molecule has 3 aliphatic rings. The highest BCUT2D eigenvalue weighted by Gasteiger charge is 2.46. The summed E-state index contributed by atoms with van der Waals surface area (Å²) in [7, 11) is 1.42. The molecule has 0 bridgehead atoms. The molecule has 0 radical (unpaired) electrons. The molecule has 0 heterocycles. The molecule has 6 atom stereocenters. The van der Waals surface area contributed by atoms with Crippen LogP contribution in [0, 0.1) is 5.92 Å². The van der Waals surface area contributed by atoms with Crippen molar-refractivity contribution in [2.45, 2.75) is 82.5 Å². The van der Waals surface area contributed by atoms with E-state index in [1.165, 1.54) is 13.2 Å². The van der Waals surface area contributed by atoms with Gasteiger partial charge in [-0.15, -0.1) is 0 Å². The highest BCUT2D eigenvalue weighted by Crippen LogP contribution is 2.44. The number of carbonyl (C=O) groups is 4. The molecule has 0 spiro atoms. The summed E-state index contributed by atoms with van der Waals surface area (Å²) in [4.78, 5) is 52.3. The molecule has 3 aliphatic carbocycles. The number of fused-ring (bicyclic) bond motifs is 3. The van der Waals surface area contributed by atoms with Crippen LogP contribution >= 0.6 is 0 Å². The summed E-state index contributed by atoms with van der Waals surface area (Å²) >= 11 is 0. The fourth-order valence-electron chi connectivity index (χ4n) is 6.54. The number of hydrogen-bond donors (Lipinski definition) is 4. The van der Waals surface area contributed by atoms with Gasteiger partial charge in [0, 0.05) is 29.5 Å². The summed E-state index contributed by atoms with van der Waals surface area (Å²) in [5.41, 5.74) is -0.307. The number of alkyl carbamates (subject to hydrolysis) is 1. The molecule has 0 aromatic heterocycles. The van der Waals surface area contributed by atoms with Crippen molar-refractivity contribution in [2.75, 3.05) is 13.7 Å². The van der Waals surface area contributed by atoms with Crippen molar-refractivity contribution in [2.24, 2.45) is 5.92 Å². The van der Waals surface area contributed by atoms with Crippen LogP contribution < -0.4 is 10.1 Å².